The summed E-state index contributed by atoms with van der Waals surface area (Å²) in [7, 11) is 1.43. The van der Waals surface area contributed by atoms with Gasteiger partial charge in [0, 0.05) is 49.3 Å². The van der Waals surface area contributed by atoms with Crippen LogP contribution >= 0.6 is 0 Å². The van der Waals surface area contributed by atoms with Crippen LogP contribution in [0.4, 0.5) is 5.69 Å². The highest BCUT2D eigenvalue weighted by molar-refractivity contribution is 5.91. The molecule has 1 aliphatic carbocycles. The fraction of sp³-hybridized carbons (Fsp3) is 0.171. The number of hydrogen-bond acceptors (Lipinski definition) is 4. The maximum absolute atomic E-state index is 12.4. The van der Waals surface area contributed by atoms with Gasteiger partial charge in [-0.05, 0) is 88.2 Å². The summed E-state index contributed by atoms with van der Waals surface area (Å²) in [5, 5.41) is 2.44. The summed E-state index contributed by atoms with van der Waals surface area (Å²) in [6.45, 7) is 1.71. The fourth-order valence-electron chi connectivity index (χ4n) is 6.15. The Morgan fingerprint density at radius 1 is 0.745 bits per heavy atom. The fourth-order valence-corrected chi connectivity index (χ4v) is 6.15. The number of pyridine rings is 1. The molecular formula is C41H38N4O2. The van der Waals surface area contributed by atoms with E-state index in [9.17, 15) is 4.79 Å². The van der Waals surface area contributed by atoms with Gasteiger partial charge in [-0.25, -0.2) is 4.79 Å². The van der Waals surface area contributed by atoms with E-state index in [-0.39, 0.29) is 5.97 Å². The zero-order valence-electron chi connectivity index (χ0n) is 26.6. The molecule has 47 heavy (non-hydrogen) atoms. The Kier molecular flexibility index (Phi) is 8.56. The summed E-state index contributed by atoms with van der Waals surface area (Å²) in [5.41, 5.74) is 15.2. The van der Waals surface area contributed by atoms with Crippen LogP contribution < -0.4 is 5.73 Å². The Hall–Kier alpha value is -5.62. The number of rotatable bonds is 8. The summed E-state index contributed by atoms with van der Waals surface area (Å²) in [6.07, 6.45) is 9.12. The van der Waals surface area contributed by atoms with Crippen molar-refractivity contribution in [1.29, 1.82) is 0 Å². The highest BCUT2D eigenvalue weighted by atomic mass is 16.5. The van der Waals surface area contributed by atoms with Crippen molar-refractivity contribution in [3.8, 4) is 0 Å². The molecule has 7 aromatic rings. The normalized spacial score (nSPS) is 12.5. The molecule has 2 N–H and O–H groups in total. The monoisotopic (exact) mass is 618 g/mol. The maximum atomic E-state index is 12.4. The van der Waals surface area contributed by atoms with Crippen molar-refractivity contribution >= 4 is 33.5 Å². The van der Waals surface area contributed by atoms with Gasteiger partial charge < -0.3 is 19.6 Å². The average Bonchev–Trinajstić information content (AvgIpc) is 3.79. The number of nitrogens with zero attached hydrogens (tertiary/aromatic N) is 3. The minimum atomic E-state index is -0.312. The lowest BCUT2D eigenvalue weighted by Gasteiger charge is -2.11. The third kappa shape index (κ3) is 6.97. The second-order valence-corrected chi connectivity index (χ2v) is 12.3. The number of esters is 1. The number of nitrogens with two attached hydrogens (primary N) is 1. The molecule has 1 saturated carbocycles. The van der Waals surface area contributed by atoms with E-state index in [1.54, 1.807) is 0 Å². The van der Waals surface area contributed by atoms with Gasteiger partial charge in [-0.1, -0.05) is 78.9 Å². The lowest BCUT2D eigenvalue weighted by molar-refractivity contribution is 0.0599. The van der Waals surface area contributed by atoms with Crippen molar-refractivity contribution in [3.05, 3.63) is 167 Å². The molecule has 0 aliphatic heterocycles. The Morgan fingerprint density at radius 3 is 1.94 bits per heavy atom. The second kappa shape index (κ2) is 13.4. The molecule has 8 rings (SSSR count). The molecule has 6 nitrogen and oxygen atoms in total. The first-order chi connectivity index (χ1) is 23.0. The van der Waals surface area contributed by atoms with Crippen LogP contribution in [0, 0.1) is 0 Å². The van der Waals surface area contributed by atoms with Crippen molar-refractivity contribution in [2.24, 2.45) is 0 Å². The zero-order chi connectivity index (χ0) is 32.2. The lowest BCUT2D eigenvalue weighted by atomic mass is 10.0. The first-order valence-corrected chi connectivity index (χ1v) is 16.1. The number of hydrogen-bond donors (Lipinski definition) is 1. The van der Waals surface area contributed by atoms with Gasteiger partial charge in [0.15, 0.2) is 0 Å². The molecule has 1 aliphatic rings. The molecule has 0 atom stereocenters. The Bertz CT molecular complexity index is 2140. The molecule has 4 aromatic carbocycles. The van der Waals surface area contributed by atoms with E-state index in [0.29, 0.717) is 17.9 Å². The number of ether oxygens (including phenoxy) is 1. The third-order valence-electron chi connectivity index (χ3n) is 8.84. The Morgan fingerprint density at radius 2 is 1.34 bits per heavy atom. The van der Waals surface area contributed by atoms with Crippen LogP contribution in [0.3, 0.4) is 0 Å². The highest BCUT2D eigenvalue weighted by Crippen LogP contribution is 2.40. The van der Waals surface area contributed by atoms with Crippen molar-refractivity contribution < 1.29 is 9.53 Å². The predicted octanol–water partition coefficient (Wildman–Crippen LogP) is 8.61. The van der Waals surface area contributed by atoms with Crippen LogP contribution in [0.15, 0.2) is 134 Å². The van der Waals surface area contributed by atoms with Gasteiger partial charge in [0.1, 0.15) is 0 Å². The molecule has 0 bridgehead atoms. The number of aromatic nitrogens is 3. The predicted molar refractivity (Wildman–Crippen MR) is 190 cm³/mol. The van der Waals surface area contributed by atoms with Gasteiger partial charge in [0.05, 0.1) is 23.9 Å². The molecule has 0 spiro atoms. The largest absolute Gasteiger partial charge is 0.465 e. The number of methoxy groups -OCH3 is 1. The number of nitrogen functional groups attached to an aromatic ring is 1. The Balaban J connectivity index is 0.000000174. The number of fused-ring (bicyclic) bond motifs is 2. The van der Waals surface area contributed by atoms with Gasteiger partial charge in [-0.15, -0.1) is 0 Å². The zero-order valence-corrected chi connectivity index (χ0v) is 26.6. The van der Waals surface area contributed by atoms with Gasteiger partial charge >= 0.3 is 5.97 Å². The summed E-state index contributed by atoms with van der Waals surface area (Å²) in [5.74, 6) is 0.237. The summed E-state index contributed by atoms with van der Waals surface area (Å²) >= 11 is 0. The molecule has 3 aromatic heterocycles. The van der Waals surface area contributed by atoms with Gasteiger partial charge in [-0.2, -0.15) is 0 Å². The highest BCUT2D eigenvalue weighted by Gasteiger charge is 2.26. The van der Waals surface area contributed by atoms with Crippen molar-refractivity contribution in [1.82, 2.24) is 14.1 Å². The molecule has 1 fully saturated rings. The van der Waals surface area contributed by atoms with Crippen LogP contribution in [0.1, 0.15) is 57.1 Å². The van der Waals surface area contributed by atoms with Gasteiger partial charge in [-0.3, -0.25) is 4.98 Å². The van der Waals surface area contributed by atoms with E-state index in [0.717, 1.165) is 35.6 Å². The van der Waals surface area contributed by atoms with E-state index in [1.807, 2.05) is 36.5 Å². The summed E-state index contributed by atoms with van der Waals surface area (Å²) in [6, 6.07) is 39.6. The van der Waals surface area contributed by atoms with Gasteiger partial charge in [0.25, 0.3) is 0 Å². The van der Waals surface area contributed by atoms with E-state index in [2.05, 4.69) is 111 Å². The molecule has 0 amide bonds. The topological polar surface area (TPSA) is 75.1 Å². The number of benzene rings is 4. The van der Waals surface area contributed by atoms with Crippen LogP contribution in [0.2, 0.25) is 0 Å². The number of carbonyl (C=O) groups is 1. The Labute approximate surface area is 275 Å². The first kappa shape index (κ1) is 30.1. The first-order valence-electron chi connectivity index (χ1n) is 16.1. The maximum Gasteiger partial charge on any atom is 0.339 e. The van der Waals surface area contributed by atoms with Crippen molar-refractivity contribution in [2.45, 2.75) is 38.3 Å². The molecule has 3 heterocycles. The van der Waals surface area contributed by atoms with Crippen LogP contribution in [0.25, 0.3) is 21.8 Å². The minimum absolute atomic E-state index is 0.312. The smallest absolute Gasteiger partial charge is 0.339 e. The van der Waals surface area contributed by atoms with E-state index < -0.39 is 0 Å². The summed E-state index contributed by atoms with van der Waals surface area (Å²) < 4.78 is 9.52. The average molecular weight is 619 g/mol. The molecular weight excluding hydrogens is 580 g/mol. The lowest BCUT2D eigenvalue weighted by Crippen LogP contribution is -2.09. The third-order valence-corrected chi connectivity index (χ3v) is 8.84. The van der Waals surface area contributed by atoms with E-state index >= 15 is 0 Å². The second-order valence-electron chi connectivity index (χ2n) is 12.3. The molecule has 0 radical (unpaired) electrons. The quantitative estimate of drug-likeness (QED) is 0.137. The minimum Gasteiger partial charge on any atom is -0.465 e. The molecule has 234 valence electrons. The number of carbonyl (C=O) groups excluding carboxylic acids is 1. The van der Waals surface area contributed by atoms with Gasteiger partial charge in [0.2, 0.25) is 0 Å². The van der Waals surface area contributed by atoms with Crippen LogP contribution in [-0.2, 0) is 24.2 Å². The molecule has 0 unspecified atom stereocenters. The van der Waals surface area contributed by atoms with Crippen molar-refractivity contribution in [3.63, 3.8) is 0 Å². The van der Waals surface area contributed by atoms with E-state index in [1.165, 1.54) is 52.9 Å². The SMILES string of the molecule is COC(=O)c1cc(C2CC2)cnc1Cc1ccc2ccn(Cc3ccccc3)c2c1.Nc1ccc2ccn(Cc3ccccc3)c2c1. The molecule has 0 saturated heterocycles. The van der Waals surface area contributed by atoms with Crippen LogP contribution in [-0.4, -0.2) is 27.2 Å². The van der Waals surface area contributed by atoms with Crippen LogP contribution in [0.5, 0.6) is 0 Å². The number of anilines is 1. The summed E-state index contributed by atoms with van der Waals surface area (Å²) in [4.78, 5) is 17.0. The van der Waals surface area contributed by atoms with E-state index in [4.69, 9.17) is 10.5 Å². The standard InChI is InChI=1S/C26H24N2O2.C15H14N2/c1-30-26(29)23-15-22(20-9-10-20)16-27-24(23)13-19-7-8-21-11-12-28(25(21)14-19)17-18-5-3-2-4-6-18;16-14-7-6-13-8-9-17(15(13)10-14)11-12-4-2-1-3-5-12/h2-8,11-12,14-16,20H,9-10,13,17H2,1H3;1-10H,11,16H2. The van der Waals surface area contributed by atoms with Crippen molar-refractivity contribution in [2.75, 3.05) is 12.8 Å². The molecule has 6 heteroatoms.